The van der Waals surface area contributed by atoms with E-state index in [1.807, 2.05) is 24.8 Å². The second-order valence-corrected chi connectivity index (χ2v) is 16.6. The lowest BCUT2D eigenvalue weighted by molar-refractivity contribution is -0.156. The van der Waals surface area contributed by atoms with Gasteiger partial charge in [0.2, 0.25) is 11.8 Å². The van der Waals surface area contributed by atoms with Crippen LogP contribution in [-0.4, -0.2) is 79.6 Å². The van der Waals surface area contributed by atoms with Crippen LogP contribution < -0.4 is 0 Å². The molecule has 3 aliphatic heterocycles. The lowest BCUT2D eigenvalue weighted by Crippen LogP contribution is -2.62. The van der Waals surface area contributed by atoms with Crippen LogP contribution in [-0.2, 0) is 19.1 Å². The number of hydrogen-bond acceptors (Lipinski definition) is 6. The topological polar surface area (TPSA) is 87.1 Å². The van der Waals surface area contributed by atoms with Crippen molar-refractivity contribution in [3.63, 3.8) is 0 Å². The summed E-state index contributed by atoms with van der Waals surface area (Å²) in [7, 11) is 0. The standard InChI is InChI=1S/C33H54N2O5S/c1-11-13-14-15-19-40-29(39)25-24-27(37)35(23(20-36)22(3)4)26(33(24)17-16-32(25,10)41-33)28(38)34(18-12-2)31(8,9)21-30(5,6)7/h11-12,22-26,36H,1-2,13-21H2,3-10H3/t23-,24-,25+,26?,32-,33?/m0/s1. The number of hydrogen-bond donors (Lipinski definition) is 1. The molecule has 8 heteroatoms. The molecule has 0 aliphatic carbocycles. The molecule has 3 heterocycles. The summed E-state index contributed by atoms with van der Waals surface area (Å²) in [6.45, 7) is 24.7. The van der Waals surface area contributed by atoms with Crippen LogP contribution in [0.15, 0.2) is 25.3 Å². The normalized spacial score (nSPS) is 30.0. The second-order valence-electron chi connectivity index (χ2n) is 14.7. The Morgan fingerprint density at radius 2 is 1.83 bits per heavy atom. The molecule has 0 aromatic carbocycles. The van der Waals surface area contributed by atoms with Crippen LogP contribution in [0, 0.1) is 23.2 Å². The molecule has 2 bridgehead atoms. The third-order valence-electron chi connectivity index (χ3n) is 9.33. The van der Waals surface area contributed by atoms with Crippen molar-refractivity contribution in [3.05, 3.63) is 25.3 Å². The van der Waals surface area contributed by atoms with E-state index in [1.54, 1.807) is 22.7 Å². The zero-order valence-corrected chi connectivity index (χ0v) is 27.5. The number of allylic oxidation sites excluding steroid dienone is 1. The van der Waals surface area contributed by atoms with Crippen molar-refractivity contribution in [2.75, 3.05) is 19.8 Å². The first-order valence-electron chi connectivity index (χ1n) is 15.3. The van der Waals surface area contributed by atoms with Gasteiger partial charge in [-0.15, -0.1) is 24.9 Å². The van der Waals surface area contributed by atoms with Gasteiger partial charge in [-0.3, -0.25) is 14.4 Å². The highest BCUT2D eigenvalue weighted by atomic mass is 32.2. The zero-order chi connectivity index (χ0) is 31.0. The number of fused-ring (bicyclic) bond motifs is 1. The highest BCUT2D eigenvalue weighted by Crippen LogP contribution is 2.72. The summed E-state index contributed by atoms with van der Waals surface area (Å²) in [4.78, 5) is 46.7. The first-order chi connectivity index (χ1) is 19.0. The van der Waals surface area contributed by atoms with Crippen molar-refractivity contribution in [2.24, 2.45) is 23.2 Å². The van der Waals surface area contributed by atoms with Crippen LogP contribution in [0.2, 0.25) is 0 Å². The van der Waals surface area contributed by atoms with Gasteiger partial charge in [-0.05, 0) is 70.6 Å². The number of ether oxygens (including phenoxy) is 1. The van der Waals surface area contributed by atoms with Crippen LogP contribution in [0.1, 0.15) is 93.9 Å². The van der Waals surface area contributed by atoms with E-state index in [9.17, 15) is 19.5 Å². The minimum Gasteiger partial charge on any atom is -0.465 e. The zero-order valence-electron chi connectivity index (χ0n) is 26.7. The Labute approximate surface area is 252 Å². The van der Waals surface area contributed by atoms with Crippen molar-refractivity contribution in [2.45, 2.75) is 121 Å². The fraction of sp³-hybridized carbons (Fsp3) is 0.788. The van der Waals surface area contributed by atoms with Crippen LogP contribution in [0.25, 0.3) is 0 Å². The number of rotatable bonds is 14. The van der Waals surface area contributed by atoms with Crippen molar-refractivity contribution in [3.8, 4) is 0 Å². The lowest BCUT2D eigenvalue weighted by Gasteiger charge is -2.47. The molecule has 2 amide bonds. The number of nitrogens with zero attached hydrogens (tertiary/aromatic N) is 2. The average molecular weight is 591 g/mol. The minimum atomic E-state index is -0.782. The van der Waals surface area contributed by atoms with Gasteiger partial charge in [0.15, 0.2) is 0 Å². The molecular formula is C33H54N2O5S. The van der Waals surface area contributed by atoms with E-state index in [-0.39, 0.29) is 35.7 Å². The Balaban J connectivity index is 2.08. The third kappa shape index (κ3) is 6.29. The molecule has 3 saturated heterocycles. The maximum absolute atomic E-state index is 14.9. The summed E-state index contributed by atoms with van der Waals surface area (Å²) in [5.74, 6) is -2.02. The summed E-state index contributed by atoms with van der Waals surface area (Å²) in [6, 6.07) is -1.31. The molecule has 6 atom stereocenters. The first-order valence-corrected chi connectivity index (χ1v) is 16.2. The molecule has 232 valence electrons. The molecule has 3 fully saturated rings. The van der Waals surface area contributed by atoms with E-state index in [4.69, 9.17) is 4.74 Å². The van der Waals surface area contributed by atoms with E-state index in [0.29, 0.717) is 19.6 Å². The Morgan fingerprint density at radius 3 is 2.37 bits per heavy atom. The van der Waals surface area contributed by atoms with Crippen LogP contribution in [0.4, 0.5) is 0 Å². The van der Waals surface area contributed by atoms with Gasteiger partial charge in [0, 0.05) is 16.8 Å². The predicted octanol–water partition coefficient (Wildman–Crippen LogP) is 5.61. The van der Waals surface area contributed by atoms with Gasteiger partial charge in [-0.1, -0.05) is 46.8 Å². The average Bonchev–Trinajstić information content (AvgIpc) is 3.41. The summed E-state index contributed by atoms with van der Waals surface area (Å²) < 4.78 is 4.55. The lowest BCUT2D eigenvalue weighted by atomic mass is 9.66. The van der Waals surface area contributed by atoms with Crippen LogP contribution >= 0.6 is 11.8 Å². The molecule has 1 spiro atoms. The fourth-order valence-corrected chi connectivity index (χ4v) is 10.3. The van der Waals surface area contributed by atoms with Gasteiger partial charge in [0.25, 0.3) is 0 Å². The highest BCUT2D eigenvalue weighted by Gasteiger charge is 2.78. The number of carbonyl (C=O) groups is 3. The summed E-state index contributed by atoms with van der Waals surface area (Å²) in [5.41, 5.74) is -0.538. The minimum absolute atomic E-state index is 0.0324. The molecule has 3 rings (SSSR count). The Hall–Kier alpha value is -1.80. The van der Waals surface area contributed by atoms with Gasteiger partial charge < -0.3 is 19.6 Å². The number of aliphatic hydroxyl groups is 1. The SMILES string of the molecule is C=CCCCCOC(=O)[C@H]1[C@H]2C(=O)N([C@@H](CO)C(C)C)C(C(=O)N(CC=C)C(C)(C)CC(C)(C)C)C23CC[C@]1(C)S3. The number of unbranched alkanes of at least 4 members (excludes halogenated alkanes) is 2. The molecule has 0 aromatic rings. The molecule has 41 heavy (non-hydrogen) atoms. The van der Waals surface area contributed by atoms with Gasteiger partial charge in [0.05, 0.1) is 35.8 Å². The largest absolute Gasteiger partial charge is 0.465 e. The molecule has 3 aliphatic rings. The Morgan fingerprint density at radius 1 is 1.17 bits per heavy atom. The van der Waals surface area contributed by atoms with Gasteiger partial charge in [0.1, 0.15) is 6.04 Å². The quantitative estimate of drug-likeness (QED) is 0.161. The van der Waals surface area contributed by atoms with Crippen LogP contribution in [0.3, 0.4) is 0 Å². The fourth-order valence-electron chi connectivity index (χ4n) is 7.94. The van der Waals surface area contributed by atoms with Gasteiger partial charge in [-0.25, -0.2) is 0 Å². The highest BCUT2D eigenvalue weighted by molar-refractivity contribution is 8.02. The monoisotopic (exact) mass is 590 g/mol. The van der Waals surface area contributed by atoms with E-state index >= 15 is 0 Å². The number of amides is 2. The van der Waals surface area contributed by atoms with Gasteiger partial charge in [-0.2, -0.15) is 0 Å². The summed E-state index contributed by atoms with van der Waals surface area (Å²) in [6.07, 6.45) is 8.25. The van der Waals surface area contributed by atoms with Crippen molar-refractivity contribution >= 4 is 29.5 Å². The van der Waals surface area contributed by atoms with E-state index < -0.39 is 39.0 Å². The van der Waals surface area contributed by atoms with Crippen molar-refractivity contribution in [1.82, 2.24) is 9.80 Å². The first kappa shape index (κ1) is 33.7. The Bertz CT molecular complexity index is 1020. The maximum atomic E-state index is 14.9. The Kier molecular flexibility index (Phi) is 10.2. The van der Waals surface area contributed by atoms with Crippen LogP contribution in [0.5, 0.6) is 0 Å². The number of aliphatic hydroxyl groups excluding tert-OH is 1. The molecule has 0 radical (unpaired) electrons. The predicted molar refractivity (Wildman–Crippen MR) is 166 cm³/mol. The van der Waals surface area contributed by atoms with E-state index in [2.05, 4.69) is 54.7 Å². The van der Waals surface area contributed by atoms with E-state index in [0.717, 1.165) is 32.1 Å². The maximum Gasteiger partial charge on any atom is 0.311 e. The molecule has 2 unspecified atom stereocenters. The third-order valence-corrected chi connectivity index (χ3v) is 11.3. The molecule has 0 saturated carbocycles. The number of carbonyl (C=O) groups excluding carboxylic acids is 3. The smallest absolute Gasteiger partial charge is 0.311 e. The van der Waals surface area contributed by atoms with Gasteiger partial charge >= 0.3 is 5.97 Å². The molecule has 7 nitrogen and oxygen atoms in total. The number of esters is 1. The second kappa shape index (κ2) is 12.4. The van der Waals surface area contributed by atoms with E-state index in [1.165, 1.54) is 0 Å². The molecule has 1 N–H and O–H groups in total. The summed E-state index contributed by atoms with van der Waals surface area (Å²) >= 11 is 1.65. The van der Waals surface area contributed by atoms with Crippen molar-refractivity contribution < 1.29 is 24.2 Å². The summed E-state index contributed by atoms with van der Waals surface area (Å²) in [5, 5.41) is 10.5. The number of likely N-dealkylation sites (tertiary alicyclic amines) is 1. The molecular weight excluding hydrogens is 536 g/mol. The van der Waals surface area contributed by atoms with Crippen molar-refractivity contribution in [1.29, 1.82) is 0 Å². The number of thioether (sulfide) groups is 1. The molecule has 0 aromatic heterocycles.